The number of aromatic nitrogens is 4. The molecule has 1 unspecified atom stereocenters. The molecule has 2 aromatic rings. The molecule has 25 heavy (non-hydrogen) atoms. The van der Waals surface area contributed by atoms with Crippen molar-refractivity contribution in [3.05, 3.63) is 23.1 Å². The quantitative estimate of drug-likeness (QED) is 0.879. The molecule has 136 valence electrons. The molecule has 10 heteroatoms. The van der Waals surface area contributed by atoms with Gasteiger partial charge < -0.3 is 15.8 Å². The fourth-order valence-electron chi connectivity index (χ4n) is 2.85. The molecule has 3 rings (SSSR count). The lowest BCUT2D eigenvalue weighted by Gasteiger charge is -2.22. The number of hydrogen-bond acceptors (Lipinski definition) is 6. The molecule has 2 aromatic heterocycles. The summed E-state index contributed by atoms with van der Waals surface area (Å²) in [4.78, 5) is 7.61. The zero-order valence-corrected chi connectivity index (χ0v) is 13.9. The minimum absolute atomic E-state index is 0.00513. The second kappa shape index (κ2) is 6.51. The van der Waals surface area contributed by atoms with Gasteiger partial charge in [-0.3, -0.25) is 4.68 Å². The van der Waals surface area contributed by atoms with Crippen LogP contribution in [0.3, 0.4) is 0 Å². The Hall–Kier alpha value is -2.36. The number of nitrogens with zero attached hydrogens (tertiary/aromatic N) is 4. The van der Waals surface area contributed by atoms with Crippen LogP contribution in [0, 0.1) is 13.8 Å². The molecule has 0 amide bonds. The molecule has 0 spiro atoms. The molecule has 3 heterocycles. The molecule has 1 saturated heterocycles. The van der Waals surface area contributed by atoms with Crippen molar-refractivity contribution < 1.29 is 17.9 Å². The van der Waals surface area contributed by atoms with Gasteiger partial charge in [-0.1, -0.05) is 0 Å². The molecule has 1 fully saturated rings. The molecule has 1 aliphatic rings. The minimum Gasteiger partial charge on any atom is -0.383 e. The van der Waals surface area contributed by atoms with Crippen LogP contribution in [0.15, 0.2) is 6.20 Å². The number of alkyl halides is 3. The van der Waals surface area contributed by atoms with Crippen molar-refractivity contribution in [3.63, 3.8) is 0 Å². The number of nitrogens with one attached hydrogen (secondary N) is 1. The van der Waals surface area contributed by atoms with Gasteiger partial charge in [0.15, 0.2) is 0 Å². The highest BCUT2D eigenvalue weighted by molar-refractivity contribution is 5.58. The zero-order valence-electron chi connectivity index (χ0n) is 13.9. The average Bonchev–Trinajstić information content (AvgIpc) is 2.87. The molecule has 1 atom stereocenters. The van der Waals surface area contributed by atoms with Gasteiger partial charge in [-0.15, -0.1) is 0 Å². The first-order valence-electron chi connectivity index (χ1n) is 7.87. The van der Waals surface area contributed by atoms with Crippen LogP contribution in [0.25, 0.3) is 0 Å². The first kappa shape index (κ1) is 17.5. The van der Waals surface area contributed by atoms with Gasteiger partial charge in [-0.05, 0) is 26.7 Å². The Morgan fingerprint density at radius 1 is 1.28 bits per heavy atom. The summed E-state index contributed by atoms with van der Waals surface area (Å²) >= 11 is 0. The molecule has 3 N–H and O–H groups in total. The topological polar surface area (TPSA) is 90.9 Å². The van der Waals surface area contributed by atoms with E-state index in [1.165, 1.54) is 6.92 Å². The predicted molar refractivity (Wildman–Crippen MR) is 85.5 cm³/mol. The first-order valence-corrected chi connectivity index (χ1v) is 7.87. The minimum atomic E-state index is -4.59. The Bertz CT molecular complexity index is 744. The van der Waals surface area contributed by atoms with E-state index in [0.29, 0.717) is 18.0 Å². The fraction of sp³-hybridized carbons (Fsp3) is 0.533. The molecular weight excluding hydrogens is 337 g/mol. The predicted octanol–water partition coefficient (Wildman–Crippen LogP) is 2.99. The van der Waals surface area contributed by atoms with Crippen molar-refractivity contribution in [2.24, 2.45) is 0 Å². The SMILES string of the molecule is Cc1nn(C2CCCOC2)cc1Nc1nc(C)c(C(F)(F)F)c(N)n1. The molecule has 1 aliphatic heterocycles. The van der Waals surface area contributed by atoms with E-state index in [1.807, 2.05) is 0 Å². The number of nitrogen functional groups attached to an aromatic ring is 1. The number of hydrogen-bond donors (Lipinski definition) is 2. The summed E-state index contributed by atoms with van der Waals surface area (Å²) in [5.41, 5.74) is 5.54. The fourth-order valence-corrected chi connectivity index (χ4v) is 2.85. The van der Waals surface area contributed by atoms with E-state index in [0.717, 1.165) is 19.4 Å². The van der Waals surface area contributed by atoms with Gasteiger partial charge in [0.2, 0.25) is 5.95 Å². The van der Waals surface area contributed by atoms with Crippen LogP contribution in [-0.2, 0) is 10.9 Å². The van der Waals surface area contributed by atoms with Crippen molar-refractivity contribution in [3.8, 4) is 0 Å². The molecule has 0 bridgehead atoms. The summed E-state index contributed by atoms with van der Waals surface area (Å²) in [6.45, 7) is 4.38. The first-order chi connectivity index (χ1) is 11.8. The van der Waals surface area contributed by atoms with E-state index in [2.05, 4.69) is 20.4 Å². The Morgan fingerprint density at radius 2 is 2.04 bits per heavy atom. The van der Waals surface area contributed by atoms with Crippen molar-refractivity contribution >= 4 is 17.5 Å². The lowest BCUT2D eigenvalue weighted by Crippen LogP contribution is -2.21. The largest absolute Gasteiger partial charge is 0.421 e. The van der Waals surface area contributed by atoms with E-state index < -0.39 is 17.6 Å². The summed E-state index contributed by atoms with van der Waals surface area (Å²) < 4.78 is 46.1. The highest BCUT2D eigenvalue weighted by Crippen LogP contribution is 2.35. The normalized spacial score (nSPS) is 18.4. The molecule has 0 saturated carbocycles. The van der Waals surface area contributed by atoms with Crippen LogP contribution in [0.1, 0.15) is 35.8 Å². The number of anilines is 3. The van der Waals surface area contributed by atoms with Gasteiger partial charge in [0.25, 0.3) is 0 Å². The molecule has 0 aliphatic carbocycles. The highest BCUT2D eigenvalue weighted by atomic mass is 19.4. The van der Waals surface area contributed by atoms with Crippen molar-refractivity contribution in [1.82, 2.24) is 19.7 Å². The van der Waals surface area contributed by atoms with E-state index in [9.17, 15) is 13.2 Å². The van der Waals surface area contributed by atoms with Crippen LogP contribution in [0.5, 0.6) is 0 Å². The lowest BCUT2D eigenvalue weighted by molar-refractivity contribution is -0.137. The zero-order chi connectivity index (χ0) is 18.2. The summed E-state index contributed by atoms with van der Waals surface area (Å²) in [5.74, 6) is -0.598. The van der Waals surface area contributed by atoms with Crippen molar-refractivity contribution in [2.75, 3.05) is 24.3 Å². The monoisotopic (exact) mass is 356 g/mol. The van der Waals surface area contributed by atoms with E-state index >= 15 is 0 Å². The van der Waals surface area contributed by atoms with Gasteiger partial charge in [0, 0.05) is 12.8 Å². The van der Waals surface area contributed by atoms with Gasteiger partial charge >= 0.3 is 6.18 Å². The third-order valence-electron chi connectivity index (χ3n) is 4.07. The van der Waals surface area contributed by atoms with Gasteiger partial charge in [0.1, 0.15) is 11.4 Å². The summed E-state index contributed by atoms with van der Waals surface area (Å²) in [6.07, 6.45) is -0.886. The Morgan fingerprint density at radius 3 is 2.64 bits per heavy atom. The van der Waals surface area contributed by atoms with E-state index in [-0.39, 0.29) is 17.7 Å². The molecule has 0 aromatic carbocycles. The second-order valence-electron chi connectivity index (χ2n) is 5.99. The second-order valence-corrected chi connectivity index (χ2v) is 5.99. The van der Waals surface area contributed by atoms with Crippen LogP contribution in [-0.4, -0.2) is 33.0 Å². The van der Waals surface area contributed by atoms with E-state index in [4.69, 9.17) is 10.5 Å². The highest BCUT2D eigenvalue weighted by Gasteiger charge is 2.36. The number of ether oxygens (including phenoxy) is 1. The molecular formula is C15H19F3N6O. The van der Waals surface area contributed by atoms with Gasteiger partial charge in [-0.25, -0.2) is 4.98 Å². The lowest BCUT2D eigenvalue weighted by atomic mass is 10.1. The van der Waals surface area contributed by atoms with E-state index in [1.54, 1.807) is 17.8 Å². The van der Waals surface area contributed by atoms with Crippen LogP contribution >= 0.6 is 0 Å². The van der Waals surface area contributed by atoms with Gasteiger partial charge in [-0.2, -0.15) is 23.3 Å². The molecule has 0 radical (unpaired) electrons. The Balaban J connectivity index is 1.84. The third kappa shape index (κ3) is 3.68. The maximum Gasteiger partial charge on any atom is 0.421 e. The Kier molecular flexibility index (Phi) is 4.55. The number of aryl methyl sites for hydroxylation is 2. The smallest absolute Gasteiger partial charge is 0.383 e. The molecule has 7 nitrogen and oxygen atoms in total. The van der Waals surface area contributed by atoms with Gasteiger partial charge in [0.05, 0.1) is 29.7 Å². The number of nitrogens with two attached hydrogens (primary N) is 1. The maximum absolute atomic E-state index is 12.9. The average molecular weight is 356 g/mol. The number of rotatable bonds is 3. The van der Waals surface area contributed by atoms with Crippen LogP contribution in [0.4, 0.5) is 30.6 Å². The Labute approximate surface area is 142 Å². The third-order valence-corrected chi connectivity index (χ3v) is 4.07. The standard InChI is InChI=1S/C15H19F3N6O/c1-8-11(6-24(23-8)10-4-3-5-25-7-10)21-14-20-9(2)12(13(19)22-14)15(16,17)18/h6,10H,3-5,7H2,1-2H3,(H3,19,20,21,22). The van der Waals surface area contributed by atoms with Crippen LogP contribution < -0.4 is 11.1 Å². The van der Waals surface area contributed by atoms with Crippen LogP contribution in [0.2, 0.25) is 0 Å². The summed E-state index contributed by atoms with van der Waals surface area (Å²) in [7, 11) is 0. The number of halogens is 3. The van der Waals surface area contributed by atoms with Crippen molar-refractivity contribution in [2.45, 2.75) is 38.9 Å². The van der Waals surface area contributed by atoms with Crippen molar-refractivity contribution in [1.29, 1.82) is 0 Å². The summed E-state index contributed by atoms with van der Waals surface area (Å²) in [6, 6.07) is 0.142. The maximum atomic E-state index is 12.9. The summed E-state index contributed by atoms with van der Waals surface area (Å²) in [5, 5.41) is 7.34.